The van der Waals surface area contributed by atoms with Crippen molar-refractivity contribution in [3.8, 4) is 34.9 Å². The second-order valence-electron chi connectivity index (χ2n) is 8.93. The molecule has 0 aliphatic carbocycles. The van der Waals surface area contributed by atoms with E-state index in [1.807, 2.05) is 0 Å². The Balaban J connectivity index is 1.49. The number of hydrogen-bond acceptors (Lipinski definition) is 6. The fourth-order valence-corrected chi connectivity index (χ4v) is 4.89. The van der Waals surface area contributed by atoms with Gasteiger partial charge in [0.2, 0.25) is 11.8 Å². The van der Waals surface area contributed by atoms with E-state index in [4.69, 9.17) is 27.1 Å². The molecule has 1 fully saturated rings. The third-order valence-electron chi connectivity index (χ3n) is 6.40. The molecule has 0 bridgehead atoms. The number of carbonyl (C=O) groups is 1. The van der Waals surface area contributed by atoms with Crippen molar-refractivity contribution in [2.45, 2.75) is 31.9 Å². The molecule has 0 spiro atoms. The standard InChI is InChI=1S/C27H22ClF3N6O2/c1-2-4-23(38)36-12-3-5-16(15-36)24-21-9-11-34-26(32)37(21)25(35-24)19-7-6-18(14-20(19)28)39-22-13-17(8-10-33-22)27(29,30)31/h6-11,13-14,16H,3,5,12,15H2,1H3,(H2,32,34). The van der Waals surface area contributed by atoms with E-state index in [1.165, 1.54) is 6.07 Å². The molecule has 4 heterocycles. The van der Waals surface area contributed by atoms with Crippen molar-refractivity contribution in [3.05, 3.63) is 65.1 Å². The number of rotatable bonds is 4. The summed E-state index contributed by atoms with van der Waals surface area (Å²) in [6.07, 6.45) is -0.289. The summed E-state index contributed by atoms with van der Waals surface area (Å²) < 4.78 is 46.4. The number of piperidine rings is 1. The van der Waals surface area contributed by atoms with Crippen LogP contribution in [0.3, 0.4) is 0 Å². The molecule has 3 aromatic heterocycles. The number of fused-ring (bicyclic) bond motifs is 1. The first-order chi connectivity index (χ1) is 18.7. The van der Waals surface area contributed by atoms with Crippen molar-refractivity contribution < 1.29 is 22.7 Å². The molecule has 5 rings (SSSR count). The van der Waals surface area contributed by atoms with E-state index in [0.29, 0.717) is 24.5 Å². The third-order valence-corrected chi connectivity index (χ3v) is 6.72. The molecular formula is C27H22ClF3N6O2. The van der Waals surface area contributed by atoms with E-state index in [0.717, 1.165) is 42.4 Å². The maximum absolute atomic E-state index is 13.0. The van der Waals surface area contributed by atoms with Crippen LogP contribution in [-0.2, 0) is 11.0 Å². The zero-order valence-electron chi connectivity index (χ0n) is 20.7. The SMILES string of the molecule is CC#CC(=O)N1CCCC(c2nc(-c3ccc(Oc4cc(C(F)(F)F)ccn4)cc3Cl)n3c(N)nccc23)C1. The van der Waals surface area contributed by atoms with Crippen LogP contribution in [0.5, 0.6) is 11.6 Å². The highest BCUT2D eigenvalue weighted by molar-refractivity contribution is 6.33. The number of ether oxygens (including phenoxy) is 1. The van der Waals surface area contributed by atoms with E-state index >= 15 is 0 Å². The van der Waals surface area contributed by atoms with Crippen molar-refractivity contribution in [1.82, 2.24) is 24.3 Å². The van der Waals surface area contributed by atoms with E-state index in [-0.39, 0.29) is 34.4 Å². The first-order valence-electron chi connectivity index (χ1n) is 12.0. The van der Waals surface area contributed by atoms with Gasteiger partial charge >= 0.3 is 6.18 Å². The summed E-state index contributed by atoms with van der Waals surface area (Å²) in [4.78, 5) is 27.1. The van der Waals surface area contributed by atoms with Crippen LogP contribution < -0.4 is 10.5 Å². The number of anilines is 1. The summed E-state index contributed by atoms with van der Waals surface area (Å²) in [5, 5.41) is 0.236. The van der Waals surface area contributed by atoms with Crippen molar-refractivity contribution in [1.29, 1.82) is 0 Å². The van der Waals surface area contributed by atoms with Crippen molar-refractivity contribution in [2.75, 3.05) is 18.8 Å². The molecule has 0 radical (unpaired) electrons. The van der Waals surface area contributed by atoms with Crippen molar-refractivity contribution in [3.63, 3.8) is 0 Å². The Kier molecular flexibility index (Phi) is 7.06. The molecule has 1 aliphatic heterocycles. The van der Waals surface area contributed by atoms with Crippen LogP contribution in [0.4, 0.5) is 19.1 Å². The number of benzene rings is 1. The molecule has 4 aromatic rings. The lowest BCUT2D eigenvalue weighted by atomic mass is 9.94. The average molecular weight is 555 g/mol. The number of amides is 1. The van der Waals surface area contributed by atoms with Crippen LogP contribution in [-0.4, -0.2) is 43.2 Å². The first-order valence-corrected chi connectivity index (χ1v) is 12.4. The highest BCUT2D eigenvalue weighted by Gasteiger charge is 2.31. The summed E-state index contributed by atoms with van der Waals surface area (Å²) in [5.74, 6) is 5.59. The molecule has 2 N–H and O–H groups in total. The average Bonchev–Trinajstić information content (AvgIpc) is 3.29. The number of nitrogen functional groups attached to an aromatic ring is 1. The molecule has 200 valence electrons. The summed E-state index contributed by atoms with van der Waals surface area (Å²) >= 11 is 6.62. The van der Waals surface area contributed by atoms with Gasteiger partial charge in [0.1, 0.15) is 11.6 Å². The lowest BCUT2D eigenvalue weighted by Crippen LogP contribution is -2.38. The quantitative estimate of drug-likeness (QED) is 0.331. The van der Waals surface area contributed by atoms with Gasteiger partial charge in [0.15, 0.2) is 0 Å². The normalized spacial score (nSPS) is 15.6. The van der Waals surface area contributed by atoms with E-state index in [1.54, 1.807) is 40.6 Å². The summed E-state index contributed by atoms with van der Waals surface area (Å²) in [6, 6.07) is 8.15. The van der Waals surface area contributed by atoms with Gasteiger partial charge in [-0.05, 0) is 50.0 Å². The molecule has 8 nitrogen and oxygen atoms in total. The highest BCUT2D eigenvalue weighted by Crippen LogP contribution is 2.38. The van der Waals surface area contributed by atoms with Gasteiger partial charge in [-0.2, -0.15) is 13.2 Å². The molecule has 1 saturated heterocycles. The number of nitrogens with zero attached hydrogens (tertiary/aromatic N) is 5. The monoisotopic (exact) mass is 554 g/mol. The second kappa shape index (κ2) is 10.5. The topological polar surface area (TPSA) is 98.6 Å². The van der Waals surface area contributed by atoms with Crippen LogP contribution in [0.25, 0.3) is 16.9 Å². The molecule has 1 amide bonds. The molecule has 12 heteroatoms. The van der Waals surface area contributed by atoms with E-state index in [9.17, 15) is 18.0 Å². The number of nitrogens with two attached hydrogens (primary N) is 1. The van der Waals surface area contributed by atoms with E-state index in [2.05, 4.69) is 21.8 Å². The fraction of sp³-hybridized carbons (Fsp3) is 0.259. The van der Waals surface area contributed by atoms with Gasteiger partial charge in [0.25, 0.3) is 5.91 Å². The number of alkyl halides is 3. The first kappa shape index (κ1) is 26.3. The Hall–Kier alpha value is -4.30. The second-order valence-corrected chi connectivity index (χ2v) is 9.34. The lowest BCUT2D eigenvalue weighted by molar-refractivity contribution is -0.137. The minimum Gasteiger partial charge on any atom is -0.439 e. The minimum atomic E-state index is -4.53. The third kappa shape index (κ3) is 5.33. The van der Waals surface area contributed by atoms with Crippen LogP contribution in [0, 0.1) is 11.8 Å². The number of likely N-dealkylation sites (tertiary alicyclic amines) is 1. The van der Waals surface area contributed by atoms with Crippen LogP contribution >= 0.6 is 11.6 Å². The minimum absolute atomic E-state index is 0.0553. The smallest absolute Gasteiger partial charge is 0.416 e. The number of hydrogen-bond donors (Lipinski definition) is 1. The maximum atomic E-state index is 13.0. The van der Waals surface area contributed by atoms with Gasteiger partial charge in [-0.15, -0.1) is 0 Å². The van der Waals surface area contributed by atoms with Gasteiger partial charge in [-0.3, -0.25) is 9.20 Å². The van der Waals surface area contributed by atoms with E-state index < -0.39 is 11.7 Å². The van der Waals surface area contributed by atoms with Gasteiger partial charge < -0.3 is 15.4 Å². The molecule has 1 aromatic carbocycles. The molecule has 1 unspecified atom stereocenters. The zero-order valence-corrected chi connectivity index (χ0v) is 21.4. The Bertz CT molecular complexity index is 1630. The number of pyridine rings is 1. The fourth-order valence-electron chi connectivity index (χ4n) is 4.64. The molecule has 1 aliphatic rings. The summed E-state index contributed by atoms with van der Waals surface area (Å²) in [5.41, 5.74) is 7.38. The lowest BCUT2D eigenvalue weighted by Gasteiger charge is -2.30. The zero-order chi connectivity index (χ0) is 27.7. The van der Waals surface area contributed by atoms with Gasteiger partial charge in [0, 0.05) is 49.1 Å². The number of carbonyl (C=O) groups excluding carboxylic acids is 1. The van der Waals surface area contributed by atoms with Crippen molar-refractivity contribution >= 4 is 29.0 Å². The molecule has 0 saturated carbocycles. The largest absolute Gasteiger partial charge is 0.439 e. The van der Waals surface area contributed by atoms with Crippen LogP contribution in [0.1, 0.15) is 36.9 Å². The number of aromatic nitrogens is 4. The Morgan fingerprint density at radius 3 is 2.72 bits per heavy atom. The highest BCUT2D eigenvalue weighted by atomic mass is 35.5. The summed E-state index contributed by atoms with van der Waals surface area (Å²) in [7, 11) is 0. The Labute approximate surface area is 226 Å². The molecule has 39 heavy (non-hydrogen) atoms. The van der Waals surface area contributed by atoms with Gasteiger partial charge in [-0.1, -0.05) is 17.5 Å². The van der Waals surface area contributed by atoms with Crippen LogP contribution in [0.15, 0.2) is 48.8 Å². The molecular weight excluding hydrogens is 533 g/mol. The Morgan fingerprint density at radius 1 is 1.18 bits per heavy atom. The van der Waals surface area contributed by atoms with Crippen molar-refractivity contribution in [2.24, 2.45) is 0 Å². The maximum Gasteiger partial charge on any atom is 0.416 e. The predicted octanol–water partition coefficient (Wildman–Crippen LogP) is 5.57. The number of imidazole rings is 1. The predicted molar refractivity (Wildman–Crippen MR) is 139 cm³/mol. The van der Waals surface area contributed by atoms with Gasteiger partial charge in [-0.25, -0.2) is 15.0 Å². The summed E-state index contributed by atoms with van der Waals surface area (Å²) in [6.45, 7) is 2.72. The Morgan fingerprint density at radius 2 is 1.97 bits per heavy atom. The van der Waals surface area contributed by atoms with Crippen LogP contribution in [0.2, 0.25) is 5.02 Å². The van der Waals surface area contributed by atoms with Gasteiger partial charge in [0.05, 0.1) is 21.8 Å². The molecule has 1 atom stereocenters. The number of halogens is 4.